The summed E-state index contributed by atoms with van der Waals surface area (Å²) in [7, 11) is 0. The molecule has 0 radical (unpaired) electrons. The zero-order valence-corrected chi connectivity index (χ0v) is 13.6. The number of aromatic nitrogens is 3. The molecule has 23 heavy (non-hydrogen) atoms. The summed E-state index contributed by atoms with van der Waals surface area (Å²) in [6.07, 6.45) is 0. The van der Waals surface area contributed by atoms with Gasteiger partial charge in [-0.25, -0.2) is 9.67 Å². The van der Waals surface area contributed by atoms with E-state index in [4.69, 9.17) is 28.9 Å². The lowest BCUT2D eigenvalue weighted by Crippen LogP contribution is -2.13. The van der Waals surface area contributed by atoms with Gasteiger partial charge >= 0.3 is 0 Å². The molecule has 2 N–H and O–H groups in total. The van der Waals surface area contributed by atoms with Crippen LogP contribution in [-0.2, 0) is 0 Å². The lowest BCUT2D eigenvalue weighted by molar-refractivity contribution is 0.0990. The number of benzene rings is 2. The molecule has 1 heterocycles. The molecule has 3 rings (SSSR count). The third-order valence-electron chi connectivity index (χ3n) is 3.31. The summed E-state index contributed by atoms with van der Waals surface area (Å²) in [5, 5.41) is 5.33. The highest BCUT2D eigenvalue weighted by Crippen LogP contribution is 2.26. The Bertz CT molecular complexity index is 905. The predicted molar refractivity (Wildman–Crippen MR) is 90.1 cm³/mol. The Morgan fingerprint density at radius 2 is 1.96 bits per heavy atom. The number of aryl methyl sites for hydroxylation is 1. The van der Waals surface area contributed by atoms with Crippen LogP contribution in [0.3, 0.4) is 0 Å². The van der Waals surface area contributed by atoms with E-state index >= 15 is 0 Å². The number of amides is 1. The fourth-order valence-corrected chi connectivity index (χ4v) is 2.49. The molecule has 1 amide bonds. The molecule has 0 aliphatic heterocycles. The van der Waals surface area contributed by atoms with Crippen molar-refractivity contribution in [2.45, 2.75) is 6.92 Å². The summed E-state index contributed by atoms with van der Waals surface area (Å²) in [5.41, 5.74) is 7.64. The van der Waals surface area contributed by atoms with E-state index in [1.54, 1.807) is 24.3 Å². The molecule has 0 aliphatic carbocycles. The summed E-state index contributed by atoms with van der Waals surface area (Å²) in [6.45, 7) is 1.90. The first-order valence-electron chi connectivity index (χ1n) is 6.75. The quantitative estimate of drug-likeness (QED) is 0.786. The molecule has 0 saturated heterocycles. The Kier molecular flexibility index (Phi) is 4.07. The number of primary amides is 1. The summed E-state index contributed by atoms with van der Waals surface area (Å²) in [6, 6.07) is 12.6. The van der Waals surface area contributed by atoms with Crippen molar-refractivity contribution < 1.29 is 4.79 Å². The van der Waals surface area contributed by atoms with Gasteiger partial charge in [0.05, 0.1) is 5.69 Å². The molecule has 0 saturated carbocycles. The maximum absolute atomic E-state index is 11.4. The van der Waals surface area contributed by atoms with Gasteiger partial charge in [-0.3, -0.25) is 4.79 Å². The van der Waals surface area contributed by atoms with Gasteiger partial charge in [0.1, 0.15) is 0 Å². The maximum atomic E-state index is 11.4. The first-order valence-corrected chi connectivity index (χ1v) is 7.50. The zero-order chi connectivity index (χ0) is 16.6. The van der Waals surface area contributed by atoms with Crippen LogP contribution < -0.4 is 5.73 Å². The minimum Gasteiger partial charge on any atom is -0.363 e. The lowest BCUT2D eigenvalue weighted by Gasteiger charge is -2.08. The molecule has 0 spiro atoms. The van der Waals surface area contributed by atoms with E-state index < -0.39 is 5.91 Å². The molecule has 1 aromatic heterocycles. The molecular formula is C16H12Cl2N4O. The van der Waals surface area contributed by atoms with E-state index in [9.17, 15) is 4.79 Å². The Morgan fingerprint density at radius 1 is 1.17 bits per heavy atom. The van der Waals surface area contributed by atoms with E-state index in [-0.39, 0.29) is 5.82 Å². The molecule has 0 unspecified atom stereocenters. The standard InChI is InChI=1S/C16H12Cl2N4O/c1-9-5-6-12(8-13(9)18)22-16(20-15(21-22)14(19)23)10-3-2-4-11(17)7-10/h2-8H,1H3,(H2,19,23). The monoisotopic (exact) mass is 346 g/mol. The molecule has 0 fully saturated rings. The minimum atomic E-state index is -0.703. The third kappa shape index (κ3) is 3.06. The smallest absolute Gasteiger partial charge is 0.288 e. The van der Waals surface area contributed by atoms with Gasteiger partial charge in [0.2, 0.25) is 5.82 Å². The van der Waals surface area contributed by atoms with Gasteiger partial charge in [-0.15, -0.1) is 5.10 Å². The van der Waals surface area contributed by atoms with Gasteiger partial charge in [-0.2, -0.15) is 0 Å². The number of nitrogens with zero attached hydrogens (tertiary/aromatic N) is 3. The van der Waals surface area contributed by atoms with E-state index in [1.165, 1.54) is 4.68 Å². The number of rotatable bonds is 3. The van der Waals surface area contributed by atoms with Crippen LogP contribution in [0.4, 0.5) is 0 Å². The molecule has 116 valence electrons. The van der Waals surface area contributed by atoms with Crippen LogP contribution in [0, 0.1) is 6.92 Å². The highest BCUT2D eigenvalue weighted by molar-refractivity contribution is 6.31. The molecule has 3 aromatic rings. The molecular weight excluding hydrogens is 335 g/mol. The average molecular weight is 347 g/mol. The van der Waals surface area contributed by atoms with Gasteiger partial charge in [0, 0.05) is 15.6 Å². The zero-order valence-electron chi connectivity index (χ0n) is 12.1. The SMILES string of the molecule is Cc1ccc(-n2nc(C(N)=O)nc2-c2cccc(Cl)c2)cc1Cl. The van der Waals surface area contributed by atoms with Crippen LogP contribution >= 0.6 is 23.2 Å². The first kappa shape index (κ1) is 15.5. The molecule has 7 heteroatoms. The van der Waals surface area contributed by atoms with Gasteiger partial charge in [0.15, 0.2) is 5.82 Å². The summed E-state index contributed by atoms with van der Waals surface area (Å²) >= 11 is 12.2. The number of halogens is 2. The highest BCUT2D eigenvalue weighted by atomic mass is 35.5. The van der Waals surface area contributed by atoms with Crippen molar-refractivity contribution in [3.8, 4) is 17.1 Å². The van der Waals surface area contributed by atoms with Crippen molar-refractivity contribution in [3.63, 3.8) is 0 Å². The Morgan fingerprint density at radius 3 is 2.61 bits per heavy atom. The van der Waals surface area contributed by atoms with Crippen molar-refractivity contribution in [1.82, 2.24) is 14.8 Å². The topological polar surface area (TPSA) is 73.8 Å². The van der Waals surface area contributed by atoms with Gasteiger partial charge in [-0.05, 0) is 36.8 Å². The van der Waals surface area contributed by atoms with Crippen LogP contribution in [0.1, 0.15) is 16.2 Å². The van der Waals surface area contributed by atoms with E-state index in [1.807, 2.05) is 25.1 Å². The second-order valence-electron chi connectivity index (χ2n) is 4.98. The Labute approximate surface area is 142 Å². The molecule has 0 aliphatic rings. The molecule has 2 aromatic carbocycles. The van der Waals surface area contributed by atoms with Crippen LogP contribution in [0.5, 0.6) is 0 Å². The summed E-state index contributed by atoms with van der Waals surface area (Å²) < 4.78 is 1.52. The van der Waals surface area contributed by atoms with Crippen molar-refractivity contribution in [3.05, 3.63) is 63.9 Å². The minimum absolute atomic E-state index is 0.0725. The predicted octanol–water partition coefficient (Wildman–Crippen LogP) is 3.65. The number of nitrogens with two attached hydrogens (primary N) is 1. The Balaban J connectivity index is 2.22. The number of hydrogen-bond donors (Lipinski definition) is 1. The number of carbonyl (C=O) groups excluding carboxylic acids is 1. The van der Waals surface area contributed by atoms with Crippen LogP contribution in [-0.4, -0.2) is 20.7 Å². The van der Waals surface area contributed by atoms with Gasteiger partial charge in [0.25, 0.3) is 5.91 Å². The fourth-order valence-electron chi connectivity index (χ4n) is 2.12. The first-order chi connectivity index (χ1) is 11.0. The van der Waals surface area contributed by atoms with Crippen LogP contribution in [0.15, 0.2) is 42.5 Å². The highest BCUT2D eigenvalue weighted by Gasteiger charge is 2.17. The molecule has 5 nitrogen and oxygen atoms in total. The summed E-state index contributed by atoms with van der Waals surface area (Å²) in [4.78, 5) is 15.7. The average Bonchev–Trinajstić information content (AvgIpc) is 2.95. The van der Waals surface area contributed by atoms with E-state index in [2.05, 4.69) is 10.1 Å². The lowest BCUT2D eigenvalue weighted by atomic mass is 10.2. The normalized spacial score (nSPS) is 10.7. The van der Waals surface area contributed by atoms with Crippen LogP contribution in [0.25, 0.3) is 17.1 Å². The third-order valence-corrected chi connectivity index (χ3v) is 3.95. The second kappa shape index (κ2) is 6.02. The van der Waals surface area contributed by atoms with E-state index in [0.29, 0.717) is 27.1 Å². The Hall–Kier alpha value is -2.37. The fraction of sp³-hybridized carbons (Fsp3) is 0.0625. The largest absolute Gasteiger partial charge is 0.363 e. The van der Waals surface area contributed by atoms with Gasteiger partial charge in [-0.1, -0.05) is 41.4 Å². The van der Waals surface area contributed by atoms with Crippen molar-refractivity contribution in [2.24, 2.45) is 5.73 Å². The van der Waals surface area contributed by atoms with Crippen LogP contribution in [0.2, 0.25) is 10.0 Å². The van der Waals surface area contributed by atoms with Crippen molar-refractivity contribution >= 4 is 29.1 Å². The van der Waals surface area contributed by atoms with E-state index in [0.717, 1.165) is 5.56 Å². The molecule has 0 atom stereocenters. The second-order valence-corrected chi connectivity index (χ2v) is 5.82. The number of hydrogen-bond acceptors (Lipinski definition) is 3. The maximum Gasteiger partial charge on any atom is 0.288 e. The number of carbonyl (C=O) groups is 1. The summed E-state index contributed by atoms with van der Waals surface area (Å²) in [5.74, 6) is -0.317. The molecule has 0 bridgehead atoms. The van der Waals surface area contributed by atoms with Crippen molar-refractivity contribution in [1.29, 1.82) is 0 Å². The van der Waals surface area contributed by atoms with Gasteiger partial charge < -0.3 is 5.73 Å². The van der Waals surface area contributed by atoms with Crippen molar-refractivity contribution in [2.75, 3.05) is 0 Å².